The Morgan fingerprint density at radius 3 is 1.25 bits per heavy atom. The summed E-state index contributed by atoms with van der Waals surface area (Å²) in [6, 6.07) is 0. The van der Waals surface area contributed by atoms with Crippen LogP contribution in [-0.2, 0) is 0 Å². The topological polar surface area (TPSA) is 125 Å². The lowest BCUT2D eigenvalue weighted by Crippen LogP contribution is -2.49. The largest absolute Gasteiger partial charge is 0.465 e. The van der Waals surface area contributed by atoms with E-state index in [0.29, 0.717) is 13.1 Å². The normalized spacial score (nSPS) is 18.2. The Labute approximate surface area is 139 Å². The summed E-state index contributed by atoms with van der Waals surface area (Å²) in [6.45, 7) is 1.27. The van der Waals surface area contributed by atoms with Crippen LogP contribution in [-0.4, -0.2) is 112 Å². The van der Waals surface area contributed by atoms with Crippen LogP contribution in [0, 0.1) is 12.3 Å². The molecule has 1 heterocycles. The van der Waals surface area contributed by atoms with Crippen molar-refractivity contribution < 1.29 is 29.7 Å². The van der Waals surface area contributed by atoms with Gasteiger partial charge in [-0.1, -0.05) is 5.92 Å². The summed E-state index contributed by atoms with van der Waals surface area (Å²) < 4.78 is 0. The van der Waals surface area contributed by atoms with Crippen LogP contribution in [0.25, 0.3) is 0 Å². The predicted octanol–water partition coefficient (Wildman–Crippen LogP) is -0.125. The first-order chi connectivity index (χ1) is 11.3. The lowest BCUT2D eigenvalue weighted by molar-refractivity contribution is 0.100. The van der Waals surface area contributed by atoms with Crippen LogP contribution in [0.2, 0.25) is 0 Å². The van der Waals surface area contributed by atoms with Crippen molar-refractivity contribution in [2.75, 3.05) is 58.9 Å². The van der Waals surface area contributed by atoms with Gasteiger partial charge in [0.15, 0.2) is 0 Å². The molecule has 10 heteroatoms. The second-order valence-electron chi connectivity index (χ2n) is 5.29. The van der Waals surface area contributed by atoms with Crippen LogP contribution >= 0.6 is 0 Å². The van der Waals surface area contributed by atoms with Crippen molar-refractivity contribution >= 4 is 18.3 Å². The van der Waals surface area contributed by atoms with Gasteiger partial charge < -0.3 is 30.0 Å². The number of hydrogen-bond donors (Lipinski definition) is 3. The smallest absolute Gasteiger partial charge is 0.407 e. The molecule has 1 fully saturated rings. The Bertz CT molecular complexity index is 476. The molecule has 0 aromatic rings. The van der Waals surface area contributed by atoms with E-state index in [1.807, 2.05) is 0 Å². The van der Waals surface area contributed by atoms with E-state index in [2.05, 4.69) is 5.92 Å². The molecular weight excluding hydrogens is 320 g/mol. The van der Waals surface area contributed by atoms with E-state index in [-0.39, 0.29) is 45.8 Å². The first-order valence-corrected chi connectivity index (χ1v) is 7.44. The zero-order valence-electron chi connectivity index (χ0n) is 13.3. The summed E-state index contributed by atoms with van der Waals surface area (Å²) in [5.41, 5.74) is 0. The van der Waals surface area contributed by atoms with Crippen molar-refractivity contribution in [2.45, 2.75) is 0 Å². The van der Waals surface area contributed by atoms with Gasteiger partial charge in [0.05, 0.1) is 6.54 Å². The lowest BCUT2D eigenvalue weighted by Gasteiger charge is -2.31. The summed E-state index contributed by atoms with van der Waals surface area (Å²) in [5, 5.41) is 27.6. The molecule has 0 saturated carbocycles. The van der Waals surface area contributed by atoms with Crippen LogP contribution in [0.5, 0.6) is 0 Å². The van der Waals surface area contributed by atoms with Crippen molar-refractivity contribution in [2.24, 2.45) is 0 Å². The van der Waals surface area contributed by atoms with Gasteiger partial charge in [-0.2, -0.15) is 0 Å². The number of terminal acetylenes is 1. The highest BCUT2D eigenvalue weighted by molar-refractivity contribution is 5.67. The van der Waals surface area contributed by atoms with E-state index in [4.69, 9.17) is 11.5 Å². The Balaban J connectivity index is 2.88. The van der Waals surface area contributed by atoms with Crippen LogP contribution in [0.1, 0.15) is 0 Å². The monoisotopic (exact) mass is 342 g/mol. The molecule has 1 aliphatic heterocycles. The third-order valence-corrected chi connectivity index (χ3v) is 3.78. The number of carboxylic acid groups (broad SMARTS) is 3. The zero-order chi connectivity index (χ0) is 18.1. The molecule has 1 saturated heterocycles. The van der Waals surface area contributed by atoms with Crippen LogP contribution in [0.4, 0.5) is 14.4 Å². The minimum Gasteiger partial charge on any atom is -0.465 e. The maximum absolute atomic E-state index is 11.3. The van der Waals surface area contributed by atoms with Crippen molar-refractivity contribution in [1.82, 2.24) is 19.6 Å². The van der Waals surface area contributed by atoms with Crippen LogP contribution in [0.15, 0.2) is 0 Å². The first kappa shape index (κ1) is 19.4. The Kier molecular flexibility index (Phi) is 7.64. The van der Waals surface area contributed by atoms with Gasteiger partial charge in [0.2, 0.25) is 0 Å². The van der Waals surface area contributed by atoms with E-state index in [1.165, 1.54) is 0 Å². The van der Waals surface area contributed by atoms with Gasteiger partial charge in [0.1, 0.15) is 0 Å². The molecule has 1 aliphatic rings. The number of amides is 3. The molecule has 0 aliphatic carbocycles. The Morgan fingerprint density at radius 1 is 0.708 bits per heavy atom. The maximum Gasteiger partial charge on any atom is 0.407 e. The molecule has 24 heavy (non-hydrogen) atoms. The third-order valence-electron chi connectivity index (χ3n) is 3.78. The molecule has 0 aromatic carbocycles. The molecule has 1 rings (SSSR count). The second-order valence-corrected chi connectivity index (χ2v) is 5.29. The molecule has 0 unspecified atom stereocenters. The molecule has 0 atom stereocenters. The van der Waals surface area contributed by atoms with E-state index in [1.54, 1.807) is 4.90 Å². The quantitative estimate of drug-likeness (QED) is 0.567. The maximum atomic E-state index is 11.3. The molecule has 0 spiro atoms. The highest BCUT2D eigenvalue weighted by Gasteiger charge is 2.22. The molecule has 3 N–H and O–H groups in total. The number of rotatable bonds is 1. The average Bonchev–Trinajstić information content (AvgIpc) is 2.49. The summed E-state index contributed by atoms with van der Waals surface area (Å²) in [6.07, 6.45) is 1.81. The van der Waals surface area contributed by atoms with Crippen LogP contribution in [0.3, 0.4) is 0 Å². The average molecular weight is 342 g/mol. The van der Waals surface area contributed by atoms with E-state index in [0.717, 1.165) is 14.7 Å². The summed E-state index contributed by atoms with van der Waals surface area (Å²) in [7, 11) is 0. The predicted molar refractivity (Wildman–Crippen MR) is 84.1 cm³/mol. The van der Waals surface area contributed by atoms with Crippen molar-refractivity contribution in [3.05, 3.63) is 0 Å². The van der Waals surface area contributed by atoms with E-state index in [9.17, 15) is 24.6 Å². The van der Waals surface area contributed by atoms with Crippen molar-refractivity contribution in [3.63, 3.8) is 0 Å². The molecule has 10 nitrogen and oxygen atoms in total. The fraction of sp³-hybridized carbons (Fsp3) is 0.643. The van der Waals surface area contributed by atoms with E-state index < -0.39 is 18.3 Å². The standard InChI is InChI=1S/C14H22N4O6/c1-2-3-15-4-6-16(12(19)20)8-10-18(14(23)24)11-9-17(7-5-15)13(21)22/h1H,3-11H2,(H,19,20)(H,21,22)(H,23,24). The second kappa shape index (κ2) is 9.46. The van der Waals surface area contributed by atoms with Gasteiger partial charge in [0, 0.05) is 52.4 Å². The van der Waals surface area contributed by atoms with Gasteiger partial charge in [0.25, 0.3) is 0 Å². The summed E-state index contributed by atoms with van der Waals surface area (Å²) in [5.74, 6) is 2.47. The van der Waals surface area contributed by atoms with E-state index >= 15 is 0 Å². The molecule has 3 amide bonds. The van der Waals surface area contributed by atoms with Crippen molar-refractivity contribution in [3.8, 4) is 12.3 Å². The number of carbonyl (C=O) groups is 3. The molecule has 0 radical (unpaired) electrons. The summed E-state index contributed by atoms with van der Waals surface area (Å²) >= 11 is 0. The summed E-state index contributed by atoms with van der Waals surface area (Å²) in [4.78, 5) is 38.8. The van der Waals surface area contributed by atoms with Gasteiger partial charge in [-0.15, -0.1) is 6.42 Å². The third kappa shape index (κ3) is 6.21. The number of nitrogens with zero attached hydrogens (tertiary/aromatic N) is 4. The highest BCUT2D eigenvalue weighted by Crippen LogP contribution is 2.01. The molecular formula is C14H22N4O6. The Hall–Kier alpha value is -2.67. The molecule has 134 valence electrons. The SMILES string of the molecule is C#CCN1CCN(C(=O)O)CCN(C(=O)O)CCN(C(=O)O)CC1. The lowest BCUT2D eigenvalue weighted by atomic mass is 10.3. The van der Waals surface area contributed by atoms with Crippen LogP contribution < -0.4 is 0 Å². The minimum atomic E-state index is -1.21. The first-order valence-electron chi connectivity index (χ1n) is 7.44. The van der Waals surface area contributed by atoms with Crippen molar-refractivity contribution in [1.29, 1.82) is 0 Å². The highest BCUT2D eigenvalue weighted by atomic mass is 16.4. The fourth-order valence-corrected chi connectivity index (χ4v) is 2.32. The van der Waals surface area contributed by atoms with Gasteiger partial charge >= 0.3 is 18.3 Å². The van der Waals surface area contributed by atoms with Gasteiger partial charge in [-0.3, -0.25) is 4.90 Å². The molecule has 0 aromatic heterocycles. The zero-order valence-corrected chi connectivity index (χ0v) is 13.3. The molecule has 0 bridgehead atoms. The fourth-order valence-electron chi connectivity index (χ4n) is 2.32. The Morgan fingerprint density at radius 2 is 1.00 bits per heavy atom. The number of hydrogen-bond acceptors (Lipinski definition) is 4. The minimum absolute atomic E-state index is 0.0125. The van der Waals surface area contributed by atoms with Gasteiger partial charge in [-0.25, -0.2) is 14.4 Å². The van der Waals surface area contributed by atoms with Gasteiger partial charge in [-0.05, 0) is 0 Å².